The lowest BCUT2D eigenvalue weighted by atomic mass is 10.1. The molecular formula is C14H12N4OS. The van der Waals surface area contributed by atoms with Gasteiger partial charge in [-0.25, -0.2) is 4.79 Å². The first-order valence-corrected chi connectivity index (χ1v) is 6.82. The van der Waals surface area contributed by atoms with Crippen LogP contribution in [0, 0.1) is 0 Å². The van der Waals surface area contributed by atoms with Gasteiger partial charge in [-0.3, -0.25) is 0 Å². The Balaban J connectivity index is 2.01. The van der Waals surface area contributed by atoms with E-state index in [2.05, 4.69) is 5.10 Å². The number of rotatable bonds is 2. The molecule has 3 aromatic rings. The van der Waals surface area contributed by atoms with Gasteiger partial charge in [-0.1, -0.05) is 30.3 Å². The van der Waals surface area contributed by atoms with Crippen molar-refractivity contribution in [3.05, 3.63) is 48.0 Å². The van der Waals surface area contributed by atoms with Gasteiger partial charge in [-0.15, -0.1) is 11.3 Å². The van der Waals surface area contributed by atoms with Crippen LogP contribution in [0.3, 0.4) is 0 Å². The van der Waals surface area contributed by atoms with E-state index >= 15 is 0 Å². The van der Waals surface area contributed by atoms with Gasteiger partial charge in [0.2, 0.25) is 0 Å². The molecule has 0 saturated carbocycles. The molecule has 6 heteroatoms. The van der Waals surface area contributed by atoms with Gasteiger partial charge >= 0.3 is 6.03 Å². The number of carbonyl (C=O) groups excluding carboxylic acids is 1. The number of thiophene rings is 1. The maximum atomic E-state index is 11.1. The van der Waals surface area contributed by atoms with Crippen molar-refractivity contribution in [3.8, 4) is 21.6 Å². The van der Waals surface area contributed by atoms with Crippen molar-refractivity contribution in [3.63, 3.8) is 0 Å². The summed E-state index contributed by atoms with van der Waals surface area (Å²) in [7, 11) is 0. The van der Waals surface area contributed by atoms with E-state index in [9.17, 15) is 4.79 Å². The number of nitrogens with two attached hydrogens (primary N) is 2. The van der Waals surface area contributed by atoms with E-state index in [-0.39, 0.29) is 5.82 Å². The minimum Gasteiger partial charge on any atom is -0.383 e. The maximum Gasteiger partial charge on any atom is 0.341 e. The Morgan fingerprint density at radius 1 is 1.20 bits per heavy atom. The number of hydrogen-bond acceptors (Lipinski definition) is 4. The zero-order chi connectivity index (χ0) is 14.1. The quantitative estimate of drug-likeness (QED) is 0.758. The van der Waals surface area contributed by atoms with Crippen LogP contribution < -0.4 is 11.5 Å². The second kappa shape index (κ2) is 4.82. The molecule has 4 N–H and O–H groups in total. The van der Waals surface area contributed by atoms with E-state index in [0.29, 0.717) is 0 Å². The molecule has 0 fully saturated rings. The molecule has 0 bridgehead atoms. The molecular weight excluding hydrogens is 272 g/mol. The molecule has 20 heavy (non-hydrogen) atoms. The summed E-state index contributed by atoms with van der Waals surface area (Å²) in [5.74, 6) is 0.263. The number of amides is 1. The van der Waals surface area contributed by atoms with Crippen LogP contribution in [-0.4, -0.2) is 15.8 Å². The average molecular weight is 284 g/mol. The molecule has 0 aliphatic carbocycles. The number of aromatic nitrogens is 2. The summed E-state index contributed by atoms with van der Waals surface area (Å²) in [4.78, 5) is 12.1. The van der Waals surface area contributed by atoms with E-state index in [1.54, 1.807) is 17.5 Å². The number of primary amides is 1. The molecule has 0 aliphatic heterocycles. The van der Waals surface area contributed by atoms with Gasteiger partial charge in [0, 0.05) is 4.88 Å². The van der Waals surface area contributed by atoms with Gasteiger partial charge in [-0.05, 0) is 22.6 Å². The normalized spacial score (nSPS) is 10.6. The summed E-state index contributed by atoms with van der Waals surface area (Å²) in [6, 6.07) is 11.4. The molecule has 100 valence electrons. The van der Waals surface area contributed by atoms with E-state index in [1.165, 1.54) is 0 Å². The number of benzene rings is 1. The van der Waals surface area contributed by atoms with Crippen molar-refractivity contribution in [2.24, 2.45) is 5.73 Å². The fraction of sp³-hybridized carbons (Fsp3) is 0. The molecule has 2 heterocycles. The highest BCUT2D eigenvalue weighted by Crippen LogP contribution is 2.35. The van der Waals surface area contributed by atoms with Crippen LogP contribution in [0.1, 0.15) is 0 Å². The van der Waals surface area contributed by atoms with E-state index < -0.39 is 6.03 Å². The van der Waals surface area contributed by atoms with Crippen molar-refractivity contribution < 1.29 is 4.79 Å². The lowest BCUT2D eigenvalue weighted by Gasteiger charge is -1.98. The summed E-state index contributed by atoms with van der Waals surface area (Å²) in [6.45, 7) is 0. The monoisotopic (exact) mass is 284 g/mol. The van der Waals surface area contributed by atoms with Crippen LogP contribution in [-0.2, 0) is 0 Å². The molecule has 5 nitrogen and oxygen atoms in total. The van der Waals surface area contributed by atoms with Gasteiger partial charge in [0.1, 0.15) is 5.82 Å². The number of hydrogen-bond donors (Lipinski definition) is 2. The summed E-state index contributed by atoms with van der Waals surface area (Å²) < 4.78 is 0.997. The zero-order valence-corrected chi connectivity index (χ0v) is 11.3. The number of anilines is 1. The van der Waals surface area contributed by atoms with Gasteiger partial charge in [0.15, 0.2) is 0 Å². The maximum absolute atomic E-state index is 11.1. The second-order valence-electron chi connectivity index (χ2n) is 4.26. The fourth-order valence-electron chi connectivity index (χ4n) is 1.98. The molecule has 0 radical (unpaired) electrons. The molecule has 0 atom stereocenters. The standard InChI is InChI=1S/C14H12N4OS/c15-13-11(7-17-18(13)14(16)19)12-6-10(8-20-12)9-4-2-1-3-5-9/h1-8H,15H2,(H2,16,19). The Labute approximate surface area is 119 Å². The van der Waals surface area contributed by atoms with E-state index in [1.807, 2.05) is 41.8 Å². The SMILES string of the molecule is NC(=O)n1ncc(-c2cc(-c3ccccc3)cs2)c1N. The molecule has 0 spiro atoms. The Morgan fingerprint density at radius 3 is 2.60 bits per heavy atom. The van der Waals surface area contributed by atoms with Gasteiger partial charge in [0.05, 0.1) is 11.8 Å². The van der Waals surface area contributed by atoms with E-state index in [0.717, 1.165) is 26.2 Å². The highest BCUT2D eigenvalue weighted by atomic mass is 32.1. The third kappa shape index (κ3) is 2.06. The van der Waals surface area contributed by atoms with Gasteiger partial charge < -0.3 is 11.5 Å². The van der Waals surface area contributed by atoms with Crippen LogP contribution in [0.25, 0.3) is 21.6 Å². The summed E-state index contributed by atoms with van der Waals surface area (Å²) in [5.41, 5.74) is 14.0. The summed E-state index contributed by atoms with van der Waals surface area (Å²) in [5, 5.41) is 5.94. The first kappa shape index (κ1) is 12.4. The smallest absolute Gasteiger partial charge is 0.341 e. The van der Waals surface area contributed by atoms with Crippen LogP contribution in [0.5, 0.6) is 0 Å². The van der Waals surface area contributed by atoms with Crippen molar-refractivity contribution in [2.75, 3.05) is 5.73 Å². The first-order chi connectivity index (χ1) is 9.66. The number of nitrogen functional groups attached to an aromatic ring is 1. The van der Waals surface area contributed by atoms with Crippen LogP contribution in [0.15, 0.2) is 48.0 Å². The Hall–Kier alpha value is -2.60. The summed E-state index contributed by atoms with van der Waals surface area (Å²) in [6.07, 6.45) is 1.56. The van der Waals surface area contributed by atoms with Crippen molar-refractivity contribution >= 4 is 23.2 Å². The fourth-order valence-corrected chi connectivity index (χ4v) is 2.92. The minimum atomic E-state index is -0.686. The number of carbonyl (C=O) groups is 1. The first-order valence-electron chi connectivity index (χ1n) is 5.94. The predicted octanol–water partition coefficient (Wildman–Crippen LogP) is 2.79. The van der Waals surface area contributed by atoms with Gasteiger partial charge in [0.25, 0.3) is 0 Å². The largest absolute Gasteiger partial charge is 0.383 e. The number of nitrogens with zero attached hydrogens (tertiary/aromatic N) is 2. The van der Waals surface area contributed by atoms with Crippen LogP contribution in [0.2, 0.25) is 0 Å². The van der Waals surface area contributed by atoms with Crippen molar-refractivity contribution in [1.82, 2.24) is 9.78 Å². The van der Waals surface area contributed by atoms with E-state index in [4.69, 9.17) is 11.5 Å². The van der Waals surface area contributed by atoms with Crippen molar-refractivity contribution in [2.45, 2.75) is 0 Å². The van der Waals surface area contributed by atoms with Gasteiger partial charge in [-0.2, -0.15) is 9.78 Å². The van der Waals surface area contributed by atoms with Crippen LogP contribution in [0.4, 0.5) is 10.6 Å². The highest BCUT2D eigenvalue weighted by molar-refractivity contribution is 7.14. The predicted molar refractivity (Wildman–Crippen MR) is 80.4 cm³/mol. The molecule has 0 aliphatic rings. The van der Waals surface area contributed by atoms with Crippen molar-refractivity contribution in [1.29, 1.82) is 0 Å². The average Bonchev–Trinajstić information content (AvgIpc) is 3.06. The summed E-state index contributed by atoms with van der Waals surface area (Å²) >= 11 is 1.55. The lowest BCUT2D eigenvalue weighted by Crippen LogP contribution is -2.22. The molecule has 0 unspecified atom stereocenters. The third-order valence-electron chi connectivity index (χ3n) is 2.99. The Morgan fingerprint density at radius 2 is 1.95 bits per heavy atom. The molecule has 0 saturated heterocycles. The molecule has 2 aromatic heterocycles. The molecule has 1 amide bonds. The lowest BCUT2D eigenvalue weighted by molar-refractivity contribution is 0.248. The Kier molecular flexibility index (Phi) is 3.00. The van der Waals surface area contributed by atoms with Crippen LogP contribution >= 0.6 is 11.3 Å². The second-order valence-corrected chi connectivity index (χ2v) is 5.17. The minimum absolute atomic E-state index is 0.263. The molecule has 1 aromatic carbocycles. The highest BCUT2D eigenvalue weighted by Gasteiger charge is 2.14. The Bertz CT molecular complexity index is 761. The zero-order valence-electron chi connectivity index (χ0n) is 10.5. The topological polar surface area (TPSA) is 86.9 Å². The third-order valence-corrected chi connectivity index (χ3v) is 3.95. The molecule has 3 rings (SSSR count).